The first-order valence-electron chi connectivity index (χ1n) is 18.0. The van der Waals surface area contributed by atoms with E-state index in [0.29, 0.717) is 44.6 Å². The monoisotopic (exact) mass is 623 g/mol. The Bertz CT molecular complexity index is 1050. The summed E-state index contributed by atoms with van der Waals surface area (Å²) in [5.41, 5.74) is 7.98. The molecule has 0 saturated carbocycles. The average Bonchev–Trinajstić information content (AvgIpc) is 3.05. The van der Waals surface area contributed by atoms with Gasteiger partial charge in [0.2, 0.25) is 11.8 Å². The molecule has 2 N–H and O–H groups in total. The van der Waals surface area contributed by atoms with Crippen LogP contribution in [0.3, 0.4) is 0 Å². The van der Waals surface area contributed by atoms with E-state index in [9.17, 15) is 9.59 Å². The first-order valence-corrected chi connectivity index (χ1v) is 18.0. The van der Waals surface area contributed by atoms with Crippen molar-refractivity contribution in [3.63, 3.8) is 0 Å². The fourth-order valence-electron chi connectivity index (χ4n) is 6.94. The second kappa shape index (κ2) is 19.4. The van der Waals surface area contributed by atoms with E-state index in [1.807, 2.05) is 4.90 Å². The summed E-state index contributed by atoms with van der Waals surface area (Å²) >= 11 is 0. The highest BCUT2D eigenvalue weighted by atomic mass is 16.2. The number of amides is 2. The minimum Gasteiger partial charge on any atom is -0.342 e. The summed E-state index contributed by atoms with van der Waals surface area (Å²) in [6, 6.07) is 6.19. The van der Waals surface area contributed by atoms with Crippen molar-refractivity contribution < 1.29 is 9.59 Å². The van der Waals surface area contributed by atoms with Gasteiger partial charge in [0.15, 0.2) is 0 Å². The van der Waals surface area contributed by atoms with Gasteiger partial charge in [0.05, 0.1) is 24.5 Å². The van der Waals surface area contributed by atoms with Crippen LogP contribution in [0.25, 0.3) is 0 Å². The normalized spacial score (nSPS) is 21.0. The lowest BCUT2D eigenvalue weighted by molar-refractivity contribution is -0.134. The minimum absolute atomic E-state index is 0.227. The Morgan fingerprint density at radius 3 is 2.02 bits per heavy atom. The molecule has 45 heavy (non-hydrogen) atoms. The highest BCUT2D eigenvalue weighted by molar-refractivity contribution is 5.78. The van der Waals surface area contributed by atoms with Crippen LogP contribution in [0.4, 0.5) is 0 Å². The topological polar surface area (TPSA) is 89.2 Å². The van der Waals surface area contributed by atoms with Crippen molar-refractivity contribution in [3.05, 3.63) is 41.7 Å². The molecule has 252 valence electrons. The number of nitrogens with two attached hydrogens (primary N) is 1. The zero-order valence-electron chi connectivity index (χ0n) is 28.4. The summed E-state index contributed by atoms with van der Waals surface area (Å²) in [5, 5.41) is 0. The van der Waals surface area contributed by atoms with Gasteiger partial charge in [-0.2, -0.15) is 0 Å². The molecular formula is C36H61N7O2. The van der Waals surface area contributed by atoms with Gasteiger partial charge in [-0.1, -0.05) is 44.9 Å². The maximum Gasteiger partial charge on any atom is 0.236 e. The van der Waals surface area contributed by atoms with Crippen LogP contribution in [0.5, 0.6) is 0 Å². The minimum atomic E-state index is 0.227. The van der Waals surface area contributed by atoms with E-state index >= 15 is 0 Å². The Kier molecular flexibility index (Phi) is 15.3. The Balaban J connectivity index is 1.33. The lowest BCUT2D eigenvalue weighted by Crippen LogP contribution is -2.48. The van der Waals surface area contributed by atoms with Gasteiger partial charge in [0.25, 0.3) is 0 Å². The molecular weight excluding hydrogens is 562 g/mol. The zero-order chi connectivity index (χ0) is 31.9. The highest BCUT2D eigenvalue weighted by Crippen LogP contribution is 2.22. The molecule has 1 aromatic rings. The van der Waals surface area contributed by atoms with Crippen molar-refractivity contribution >= 4 is 11.8 Å². The van der Waals surface area contributed by atoms with Crippen molar-refractivity contribution in [2.45, 2.75) is 84.7 Å². The number of carbonyl (C=O) groups is 2. The summed E-state index contributed by atoms with van der Waals surface area (Å²) in [5.74, 6) is 1.80. The first kappa shape index (κ1) is 35.5. The standard InChI is InChI=1S/C36H61N7O2/c1-3-4-10-31(2)11-8-12-32-15-20-43(21-16-32)36(45)30-41-26-24-39(22-17-37)23-25-40(27-33-13-9-14-34(28-41)38-33)29-35(44)42-18-6-5-7-19-42/h8-9,11,13-14,31-32H,3-7,10,12,15-30,37H2,1-2H3/b11-8-. The fraction of sp³-hybridized carbons (Fsp3) is 0.750. The van der Waals surface area contributed by atoms with Gasteiger partial charge in [-0.15, -0.1) is 0 Å². The number of unbranched alkanes of at least 4 members (excludes halogenated alkanes) is 1. The van der Waals surface area contributed by atoms with Gasteiger partial charge in [0.1, 0.15) is 0 Å². The van der Waals surface area contributed by atoms with Gasteiger partial charge < -0.3 is 15.5 Å². The molecule has 0 spiro atoms. The smallest absolute Gasteiger partial charge is 0.236 e. The second-order valence-electron chi connectivity index (χ2n) is 13.7. The Morgan fingerprint density at radius 2 is 1.44 bits per heavy atom. The van der Waals surface area contributed by atoms with Gasteiger partial charge in [-0.3, -0.25) is 29.3 Å². The quantitative estimate of drug-likeness (QED) is 0.353. The third kappa shape index (κ3) is 12.4. The Morgan fingerprint density at radius 1 is 0.867 bits per heavy atom. The van der Waals surface area contributed by atoms with E-state index in [1.165, 1.54) is 25.7 Å². The van der Waals surface area contributed by atoms with Crippen LogP contribution in [0, 0.1) is 11.8 Å². The second-order valence-corrected chi connectivity index (χ2v) is 13.7. The lowest BCUT2D eigenvalue weighted by atomic mass is 9.92. The van der Waals surface area contributed by atoms with E-state index in [4.69, 9.17) is 10.7 Å². The van der Waals surface area contributed by atoms with Crippen molar-refractivity contribution in [1.29, 1.82) is 0 Å². The molecule has 0 aromatic carbocycles. The number of likely N-dealkylation sites (tertiary alicyclic amines) is 2. The van der Waals surface area contributed by atoms with Gasteiger partial charge in [-0.25, -0.2) is 0 Å². The number of fused-ring (bicyclic) bond motifs is 2. The van der Waals surface area contributed by atoms with E-state index in [2.05, 4.69) is 63.8 Å². The largest absolute Gasteiger partial charge is 0.342 e. The number of piperidine rings is 2. The van der Waals surface area contributed by atoms with Crippen LogP contribution >= 0.6 is 0 Å². The van der Waals surface area contributed by atoms with Crippen LogP contribution in [0.15, 0.2) is 30.4 Å². The summed E-state index contributed by atoms with van der Waals surface area (Å²) in [6.07, 6.45) is 15.4. The molecule has 1 unspecified atom stereocenters. The van der Waals surface area contributed by atoms with Crippen LogP contribution in [-0.4, -0.2) is 120 Å². The lowest BCUT2D eigenvalue weighted by Gasteiger charge is -2.34. The molecule has 3 aliphatic heterocycles. The number of carbonyl (C=O) groups excluding carboxylic acids is 2. The highest BCUT2D eigenvalue weighted by Gasteiger charge is 2.25. The molecule has 0 aliphatic carbocycles. The molecule has 2 saturated heterocycles. The number of allylic oxidation sites excluding steroid dienone is 2. The van der Waals surface area contributed by atoms with Crippen LogP contribution in [0.1, 0.15) is 83.0 Å². The predicted molar refractivity (Wildman–Crippen MR) is 182 cm³/mol. The van der Waals surface area contributed by atoms with E-state index < -0.39 is 0 Å². The molecule has 2 bridgehead atoms. The molecule has 1 aromatic heterocycles. The number of aromatic nitrogens is 1. The number of rotatable bonds is 12. The molecule has 4 heterocycles. The maximum atomic E-state index is 13.5. The molecule has 4 rings (SSSR count). The molecule has 9 heteroatoms. The number of hydrogen-bond acceptors (Lipinski definition) is 7. The van der Waals surface area contributed by atoms with Gasteiger partial charge >= 0.3 is 0 Å². The van der Waals surface area contributed by atoms with Crippen LogP contribution < -0.4 is 5.73 Å². The van der Waals surface area contributed by atoms with E-state index in [-0.39, 0.29) is 11.8 Å². The average molecular weight is 624 g/mol. The Hall–Kier alpha value is -2.33. The van der Waals surface area contributed by atoms with Crippen molar-refractivity contribution in [2.75, 3.05) is 78.5 Å². The van der Waals surface area contributed by atoms with Crippen molar-refractivity contribution in [3.8, 4) is 0 Å². The zero-order valence-corrected chi connectivity index (χ0v) is 28.4. The third-order valence-corrected chi connectivity index (χ3v) is 9.89. The van der Waals surface area contributed by atoms with E-state index in [0.717, 1.165) is 102 Å². The molecule has 2 fully saturated rings. The molecule has 1 atom stereocenters. The maximum absolute atomic E-state index is 13.5. The first-order chi connectivity index (χ1) is 21.9. The van der Waals surface area contributed by atoms with Crippen molar-refractivity contribution in [1.82, 2.24) is 29.5 Å². The molecule has 0 radical (unpaired) electrons. The molecule has 9 nitrogen and oxygen atoms in total. The van der Waals surface area contributed by atoms with Crippen LogP contribution in [-0.2, 0) is 22.7 Å². The summed E-state index contributed by atoms with van der Waals surface area (Å²) < 4.78 is 0. The van der Waals surface area contributed by atoms with Gasteiger partial charge in [-0.05, 0) is 68.9 Å². The van der Waals surface area contributed by atoms with Gasteiger partial charge in [0, 0.05) is 78.5 Å². The summed E-state index contributed by atoms with van der Waals surface area (Å²) in [6.45, 7) is 14.8. The molecule has 3 aliphatic rings. The SMILES string of the molecule is CCCCC(C)/C=C\CC1CCN(C(=O)CN2CCN(CCN)CCN(CC(=O)N3CCCCC3)Cc3cccc(n3)C2)CC1. The predicted octanol–water partition coefficient (Wildman–Crippen LogP) is 3.98. The summed E-state index contributed by atoms with van der Waals surface area (Å²) in [7, 11) is 0. The Labute approximate surface area is 273 Å². The third-order valence-electron chi connectivity index (χ3n) is 9.89. The number of nitrogens with zero attached hydrogens (tertiary/aromatic N) is 6. The number of hydrogen-bond donors (Lipinski definition) is 1. The molecule has 2 amide bonds. The number of pyridine rings is 1. The summed E-state index contributed by atoms with van der Waals surface area (Å²) in [4.78, 5) is 42.7. The van der Waals surface area contributed by atoms with Crippen LogP contribution in [0.2, 0.25) is 0 Å². The van der Waals surface area contributed by atoms with E-state index in [1.54, 1.807) is 0 Å². The van der Waals surface area contributed by atoms with Crippen molar-refractivity contribution in [2.24, 2.45) is 17.6 Å². The fourth-order valence-corrected chi connectivity index (χ4v) is 6.94.